The van der Waals surface area contributed by atoms with Gasteiger partial charge in [-0.25, -0.2) is 4.79 Å². The lowest BCUT2D eigenvalue weighted by atomic mass is 10.0. The van der Waals surface area contributed by atoms with E-state index in [-0.39, 0.29) is 38.3 Å². The molecule has 0 saturated heterocycles. The van der Waals surface area contributed by atoms with E-state index in [4.69, 9.17) is 22.9 Å². The number of rotatable bonds is 15. The van der Waals surface area contributed by atoms with Crippen molar-refractivity contribution < 1.29 is 29.1 Å². The molecule has 12 N–H and O–H groups in total. The van der Waals surface area contributed by atoms with Gasteiger partial charge in [-0.3, -0.25) is 24.2 Å². The standard InChI is InChI=1S/C18H34N8O6/c1-9(2)14(16(30)25-11(17(31)32)4-3-7-23-18(21)22)26-15(29)10(5-6-12(20)27)24-13(28)8-19/h9-11,14H,3-8,19H2,1-2H3,(H2,20,27)(H,24,28)(H,25,30)(H,26,29)(H,31,32)(H4,21,22,23). The molecule has 0 aromatic heterocycles. The number of nitrogens with two attached hydrogens (primary N) is 4. The van der Waals surface area contributed by atoms with Crippen LogP contribution < -0.4 is 38.9 Å². The SMILES string of the molecule is CC(C)C(NC(=O)C(CCC(N)=O)NC(=O)CN)C(=O)NC(CCCN=C(N)N)C(=O)O. The van der Waals surface area contributed by atoms with E-state index in [0.717, 1.165) is 0 Å². The summed E-state index contributed by atoms with van der Waals surface area (Å²) in [6, 6.07) is -3.48. The Morgan fingerprint density at radius 2 is 1.53 bits per heavy atom. The Hall–Kier alpha value is -3.42. The van der Waals surface area contributed by atoms with Crippen LogP contribution in [-0.4, -0.2) is 71.9 Å². The van der Waals surface area contributed by atoms with E-state index in [2.05, 4.69) is 20.9 Å². The summed E-state index contributed by atoms with van der Waals surface area (Å²) in [6.07, 6.45) is 0.0822. The minimum atomic E-state index is -1.26. The summed E-state index contributed by atoms with van der Waals surface area (Å²) in [6.45, 7) is 3.11. The second-order valence-corrected chi connectivity index (χ2v) is 7.41. The van der Waals surface area contributed by atoms with Crippen LogP contribution in [0.1, 0.15) is 39.5 Å². The van der Waals surface area contributed by atoms with E-state index in [1.807, 2.05) is 0 Å². The zero-order valence-electron chi connectivity index (χ0n) is 18.3. The molecule has 0 aliphatic rings. The summed E-state index contributed by atoms with van der Waals surface area (Å²) in [5, 5.41) is 16.6. The van der Waals surface area contributed by atoms with E-state index in [1.165, 1.54) is 0 Å². The van der Waals surface area contributed by atoms with E-state index in [0.29, 0.717) is 6.42 Å². The molecule has 0 fully saturated rings. The number of nitrogens with zero attached hydrogens (tertiary/aromatic N) is 1. The highest BCUT2D eigenvalue weighted by Gasteiger charge is 2.31. The molecular formula is C18H34N8O6. The van der Waals surface area contributed by atoms with Crippen LogP contribution in [0.4, 0.5) is 0 Å². The molecule has 0 saturated carbocycles. The molecule has 3 atom stereocenters. The van der Waals surface area contributed by atoms with Crippen LogP contribution in [0, 0.1) is 5.92 Å². The number of nitrogens with one attached hydrogen (secondary N) is 3. The molecule has 0 heterocycles. The lowest BCUT2D eigenvalue weighted by Crippen LogP contribution is -2.57. The second-order valence-electron chi connectivity index (χ2n) is 7.41. The number of carbonyl (C=O) groups excluding carboxylic acids is 4. The maximum atomic E-state index is 12.7. The quantitative estimate of drug-likeness (QED) is 0.0685. The van der Waals surface area contributed by atoms with Crippen LogP contribution in [0.25, 0.3) is 0 Å². The molecular weight excluding hydrogens is 424 g/mol. The Morgan fingerprint density at radius 1 is 0.906 bits per heavy atom. The average Bonchev–Trinajstić information content (AvgIpc) is 2.69. The molecule has 32 heavy (non-hydrogen) atoms. The minimum absolute atomic E-state index is 0.0599. The zero-order chi connectivity index (χ0) is 24.8. The van der Waals surface area contributed by atoms with Crippen LogP contribution in [0.15, 0.2) is 4.99 Å². The Labute approximate surface area is 185 Å². The first kappa shape index (κ1) is 28.6. The Kier molecular flexibility index (Phi) is 13.0. The van der Waals surface area contributed by atoms with Gasteiger partial charge >= 0.3 is 5.97 Å². The van der Waals surface area contributed by atoms with Gasteiger partial charge in [0, 0.05) is 13.0 Å². The molecule has 0 bridgehead atoms. The summed E-state index contributed by atoms with van der Waals surface area (Å²) < 4.78 is 0. The number of amides is 4. The van der Waals surface area contributed by atoms with Crippen molar-refractivity contribution in [2.45, 2.75) is 57.7 Å². The Morgan fingerprint density at radius 3 is 2.00 bits per heavy atom. The number of hydrogen-bond donors (Lipinski definition) is 8. The fourth-order valence-corrected chi connectivity index (χ4v) is 2.62. The van der Waals surface area contributed by atoms with Gasteiger partial charge in [-0.1, -0.05) is 13.8 Å². The molecule has 182 valence electrons. The molecule has 4 amide bonds. The van der Waals surface area contributed by atoms with Crippen molar-refractivity contribution in [2.75, 3.05) is 13.1 Å². The number of aliphatic imine (C=N–C) groups is 1. The lowest BCUT2D eigenvalue weighted by Gasteiger charge is -2.26. The van der Waals surface area contributed by atoms with Crippen LogP contribution in [0.2, 0.25) is 0 Å². The highest BCUT2D eigenvalue weighted by atomic mass is 16.4. The van der Waals surface area contributed by atoms with Crippen molar-refractivity contribution in [1.29, 1.82) is 0 Å². The molecule has 3 unspecified atom stereocenters. The summed E-state index contributed by atoms with van der Waals surface area (Å²) >= 11 is 0. The number of carboxylic acids is 1. The second kappa shape index (κ2) is 14.6. The average molecular weight is 459 g/mol. The molecule has 14 heteroatoms. The van der Waals surface area contributed by atoms with Crippen molar-refractivity contribution in [3.05, 3.63) is 0 Å². The minimum Gasteiger partial charge on any atom is -0.480 e. The lowest BCUT2D eigenvalue weighted by molar-refractivity contribution is -0.142. The number of guanidine groups is 1. The van der Waals surface area contributed by atoms with Crippen molar-refractivity contribution >= 4 is 35.6 Å². The fourth-order valence-electron chi connectivity index (χ4n) is 2.62. The molecule has 0 aromatic carbocycles. The highest BCUT2D eigenvalue weighted by molar-refractivity contribution is 5.94. The number of primary amides is 1. The summed E-state index contributed by atoms with van der Waals surface area (Å²) in [5.74, 6) is -4.57. The van der Waals surface area contributed by atoms with Gasteiger partial charge in [-0.2, -0.15) is 0 Å². The number of aliphatic carboxylic acids is 1. The van der Waals surface area contributed by atoms with Gasteiger partial charge in [-0.15, -0.1) is 0 Å². The smallest absolute Gasteiger partial charge is 0.326 e. The zero-order valence-corrected chi connectivity index (χ0v) is 18.3. The molecule has 0 rings (SSSR count). The van der Waals surface area contributed by atoms with E-state index >= 15 is 0 Å². The molecule has 0 aromatic rings. The third-order valence-corrected chi connectivity index (χ3v) is 4.32. The van der Waals surface area contributed by atoms with Crippen molar-refractivity contribution in [2.24, 2.45) is 33.8 Å². The largest absolute Gasteiger partial charge is 0.480 e. The number of hydrogen-bond acceptors (Lipinski definition) is 7. The van der Waals surface area contributed by atoms with Gasteiger partial charge in [0.2, 0.25) is 23.6 Å². The van der Waals surface area contributed by atoms with Gasteiger partial charge in [0.05, 0.1) is 6.54 Å². The third-order valence-electron chi connectivity index (χ3n) is 4.32. The van der Waals surface area contributed by atoms with Crippen LogP contribution >= 0.6 is 0 Å². The number of carboxylic acid groups (broad SMARTS) is 1. The maximum Gasteiger partial charge on any atom is 0.326 e. The topological polar surface area (TPSA) is 258 Å². The predicted octanol–water partition coefficient (Wildman–Crippen LogP) is -3.54. The Bertz CT molecular complexity index is 708. The summed E-state index contributed by atoms with van der Waals surface area (Å²) in [4.78, 5) is 63.3. The summed E-state index contributed by atoms with van der Waals surface area (Å²) in [7, 11) is 0. The van der Waals surface area contributed by atoms with Crippen LogP contribution in [0.5, 0.6) is 0 Å². The molecule has 0 aliphatic carbocycles. The van der Waals surface area contributed by atoms with E-state index in [9.17, 15) is 29.1 Å². The van der Waals surface area contributed by atoms with E-state index in [1.54, 1.807) is 13.8 Å². The normalized spacial score (nSPS) is 13.4. The Balaban J connectivity index is 5.25. The van der Waals surface area contributed by atoms with Gasteiger partial charge in [0.15, 0.2) is 5.96 Å². The molecule has 14 nitrogen and oxygen atoms in total. The fraction of sp³-hybridized carbons (Fsp3) is 0.667. The maximum absolute atomic E-state index is 12.7. The van der Waals surface area contributed by atoms with Crippen molar-refractivity contribution in [3.63, 3.8) is 0 Å². The molecule has 0 aliphatic heterocycles. The monoisotopic (exact) mass is 458 g/mol. The first-order chi connectivity index (χ1) is 14.9. The van der Waals surface area contributed by atoms with Gasteiger partial charge in [0.25, 0.3) is 0 Å². The predicted molar refractivity (Wildman–Crippen MR) is 116 cm³/mol. The van der Waals surface area contributed by atoms with E-state index < -0.39 is 53.6 Å². The van der Waals surface area contributed by atoms with Crippen molar-refractivity contribution in [1.82, 2.24) is 16.0 Å². The molecule has 0 spiro atoms. The molecule has 0 radical (unpaired) electrons. The van der Waals surface area contributed by atoms with Gasteiger partial charge in [-0.05, 0) is 25.2 Å². The van der Waals surface area contributed by atoms with Gasteiger partial charge in [0.1, 0.15) is 18.1 Å². The first-order valence-electron chi connectivity index (χ1n) is 10.1. The number of carbonyl (C=O) groups is 5. The van der Waals surface area contributed by atoms with Crippen LogP contribution in [-0.2, 0) is 24.0 Å². The third kappa shape index (κ3) is 11.7. The first-order valence-corrected chi connectivity index (χ1v) is 10.1. The highest BCUT2D eigenvalue weighted by Crippen LogP contribution is 2.07. The van der Waals surface area contributed by atoms with Gasteiger partial charge < -0.3 is 44.0 Å². The summed E-state index contributed by atoms with van der Waals surface area (Å²) in [5.41, 5.74) is 20.8. The van der Waals surface area contributed by atoms with Crippen molar-refractivity contribution in [3.8, 4) is 0 Å². The van der Waals surface area contributed by atoms with Crippen LogP contribution in [0.3, 0.4) is 0 Å².